The Kier molecular flexibility index (Phi) is 4.10. The van der Waals surface area contributed by atoms with Crippen molar-refractivity contribution in [1.29, 1.82) is 0 Å². The van der Waals surface area contributed by atoms with Gasteiger partial charge in [0.1, 0.15) is 11.6 Å². The third-order valence-electron chi connectivity index (χ3n) is 3.01. The van der Waals surface area contributed by atoms with Gasteiger partial charge in [0.25, 0.3) is 0 Å². The van der Waals surface area contributed by atoms with Crippen LogP contribution < -0.4 is 10.2 Å². The molecule has 0 saturated carbocycles. The second-order valence-corrected chi connectivity index (χ2v) is 5.78. The average molecular weight is 262 g/mol. The largest absolute Gasteiger partial charge is 0.458 e. The smallest absolute Gasteiger partial charge is 0.330 e. The summed E-state index contributed by atoms with van der Waals surface area (Å²) >= 11 is 0. The average Bonchev–Trinajstić information content (AvgIpc) is 2.38. The molecule has 1 aromatic carbocycles. The molecule has 0 aromatic heterocycles. The fraction of sp³-hybridized carbons (Fsp3) is 0.533. The number of anilines is 1. The van der Waals surface area contributed by atoms with Gasteiger partial charge >= 0.3 is 5.97 Å². The molecule has 1 saturated heterocycles. The van der Waals surface area contributed by atoms with Crippen molar-refractivity contribution in [3.8, 4) is 0 Å². The van der Waals surface area contributed by atoms with Gasteiger partial charge in [-0.25, -0.2) is 4.79 Å². The Bertz CT molecular complexity index is 426. The van der Waals surface area contributed by atoms with E-state index >= 15 is 0 Å². The number of nitrogens with one attached hydrogen (secondary N) is 1. The Hall–Kier alpha value is -1.55. The lowest BCUT2D eigenvalue weighted by Crippen LogP contribution is -2.56. The second-order valence-electron chi connectivity index (χ2n) is 5.78. The number of ether oxygens (including phenoxy) is 1. The van der Waals surface area contributed by atoms with E-state index in [0.717, 1.165) is 18.8 Å². The zero-order valence-corrected chi connectivity index (χ0v) is 11.8. The molecule has 0 amide bonds. The van der Waals surface area contributed by atoms with Crippen molar-refractivity contribution >= 4 is 11.7 Å². The zero-order valence-electron chi connectivity index (χ0n) is 11.8. The summed E-state index contributed by atoms with van der Waals surface area (Å²) in [4.78, 5) is 14.4. The number of hydrogen-bond donors (Lipinski definition) is 1. The number of piperazine rings is 1. The number of para-hydroxylation sites is 1. The topological polar surface area (TPSA) is 41.6 Å². The Morgan fingerprint density at radius 1 is 1.32 bits per heavy atom. The van der Waals surface area contributed by atoms with Gasteiger partial charge in [-0.3, -0.25) is 0 Å². The van der Waals surface area contributed by atoms with Crippen molar-refractivity contribution < 1.29 is 9.53 Å². The fourth-order valence-corrected chi connectivity index (χ4v) is 2.21. The van der Waals surface area contributed by atoms with Gasteiger partial charge in [0.05, 0.1) is 0 Å². The van der Waals surface area contributed by atoms with E-state index in [2.05, 4.69) is 10.2 Å². The number of carbonyl (C=O) groups is 1. The van der Waals surface area contributed by atoms with Gasteiger partial charge in [-0.1, -0.05) is 18.2 Å². The maximum absolute atomic E-state index is 12.3. The zero-order chi connectivity index (χ0) is 13.9. The number of carbonyl (C=O) groups excluding carboxylic acids is 1. The van der Waals surface area contributed by atoms with Crippen molar-refractivity contribution in [2.75, 3.05) is 24.5 Å². The fourth-order valence-electron chi connectivity index (χ4n) is 2.21. The molecular weight excluding hydrogens is 240 g/mol. The number of benzene rings is 1. The molecule has 1 heterocycles. The first-order chi connectivity index (χ1) is 8.97. The lowest BCUT2D eigenvalue weighted by Gasteiger charge is -2.37. The highest BCUT2D eigenvalue weighted by atomic mass is 16.6. The van der Waals surface area contributed by atoms with Crippen LogP contribution in [0.2, 0.25) is 0 Å². The van der Waals surface area contributed by atoms with Crippen LogP contribution in [-0.4, -0.2) is 37.2 Å². The summed E-state index contributed by atoms with van der Waals surface area (Å²) in [6, 6.07) is 9.77. The molecule has 0 unspecified atom stereocenters. The molecule has 2 rings (SSSR count). The molecule has 4 nitrogen and oxygen atoms in total. The normalized spacial score (nSPS) is 20.2. The number of esters is 1. The minimum absolute atomic E-state index is 0.163. The standard InChI is InChI=1S/C15H22N2O2/c1-15(2,3)19-14(18)13-11-16-9-10-17(13)12-7-5-4-6-8-12/h4-8,13,16H,9-11H2,1-3H3/t13-/m0/s1. The lowest BCUT2D eigenvalue weighted by molar-refractivity contribution is -0.156. The molecule has 1 fully saturated rings. The van der Waals surface area contributed by atoms with E-state index in [-0.39, 0.29) is 12.0 Å². The molecule has 1 aromatic rings. The van der Waals surface area contributed by atoms with Gasteiger partial charge in [-0.15, -0.1) is 0 Å². The van der Waals surface area contributed by atoms with Gasteiger partial charge in [0.15, 0.2) is 0 Å². The predicted octanol–water partition coefficient (Wildman–Crippen LogP) is 1.81. The maximum Gasteiger partial charge on any atom is 0.330 e. The van der Waals surface area contributed by atoms with E-state index in [1.165, 1.54) is 0 Å². The van der Waals surface area contributed by atoms with Crippen LogP contribution in [0.15, 0.2) is 30.3 Å². The van der Waals surface area contributed by atoms with Crippen molar-refractivity contribution in [3.05, 3.63) is 30.3 Å². The highest BCUT2D eigenvalue weighted by Crippen LogP contribution is 2.20. The van der Waals surface area contributed by atoms with Crippen LogP contribution >= 0.6 is 0 Å². The molecule has 1 atom stereocenters. The van der Waals surface area contributed by atoms with E-state index in [0.29, 0.717) is 6.54 Å². The van der Waals surface area contributed by atoms with Crippen molar-refractivity contribution in [2.45, 2.75) is 32.4 Å². The van der Waals surface area contributed by atoms with Crippen LogP contribution in [0.3, 0.4) is 0 Å². The predicted molar refractivity (Wildman–Crippen MR) is 76.3 cm³/mol. The third kappa shape index (κ3) is 3.70. The van der Waals surface area contributed by atoms with Gasteiger partial charge < -0.3 is 15.0 Å². The first-order valence-corrected chi connectivity index (χ1v) is 6.73. The maximum atomic E-state index is 12.3. The minimum Gasteiger partial charge on any atom is -0.458 e. The van der Waals surface area contributed by atoms with Gasteiger partial charge in [0.2, 0.25) is 0 Å². The monoisotopic (exact) mass is 262 g/mol. The third-order valence-corrected chi connectivity index (χ3v) is 3.01. The summed E-state index contributed by atoms with van der Waals surface area (Å²) in [7, 11) is 0. The molecule has 1 aliphatic heterocycles. The van der Waals surface area contributed by atoms with Crippen molar-refractivity contribution in [1.82, 2.24) is 5.32 Å². The van der Waals surface area contributed by atoms with Crippen LogP contribution in [0.5, 0.6) is 0 Å². The van der Waals surface area contributed by atoms with E-state index < -0.39 is 5.60 Å². The molecule has 1 aliphatic rings. The van der Waals surface area contributed by atoms with Crippen LogP contribution in [0.4, 0.5) is 5.69 Å². The Balaban J connectivity index is 2.15. The minimum atomic E-state index is -0.448. The summed E-state index contributed by atoms with van der Waals surface area (Å²) in [5, 5.41) is 3.26. The number of hydrogen-bond acceptors (Lipinski definition) is 4. The molecule has 0 bridgehead atoms. The summed E-state index contributed by atoms with van der Waals surface area (Å²) in [6.45, 7) is 8.02. The van der Waals surface area contributed by atoms with Crippen LogP contribution in [0.25, 0.3) is 0 Å². The van der Waals surface area contributed by atoms with Crippen LogP contribution in [0, 0.1) is 0 Å². The summed E-state index contributed by atoms with van der Waals surface area (Å²) < 4.78 is 5.51. The van der Waals surface area contributed by atoms with Gasteiger partial charge in [-0.05, 0) is 32.9 Å². The molecule has 4 heteroatoms. The van der Waals surface area contributed by atoms with E-state index in [1.807, 2.05) is 51.1 Å². The molecule has 104 valence electrons. The quantitative estimate of drug-likeness (QED) is 0.825. The highest BCUT2D eigenvalue weighted by molar-refractivity contribution is 5.81. The molecule has 0 aliphatic carbocycles. The first kappa shape index (κ1) is 13.9. The molecule has 19 heavy (non-hydrogen) atoms. The van der Waals surface area contributed by atoms with E-state index in [4.69, 9.17) is 4.74 Å². The molecule has 1 N–H and O–H groups in total. The Morgan fingerprint density at radius 2 is 2.00 bits per heavy atom. The SMILES string of the molecule is CC(C)(C)OC(=O)[C@@H]1CNCCN1c1ccccc1. The first-order valence-electron chi connectivity index (χ1n) is 6.73. The summed E-state index contributed by atoms with van der Waals surface area (Å²) in [5.74, 6) is -0.163. The summed E-state index contributed by atoms with van der Waals surface area (Å²) in [6.07, 6.45) is 0. The lowest BCUT2D eigenvalue weighted by atomic mass is 10.1. The van der Waals surface area contributed by atoms with E-state index in [1.54, 1.807) is 0 Å². The second kappa shape index (κ2) is 5.61. The number of rotatable bonds is 2. The number of nitrogens with zero attached hydrogens (tertiary/aromatic N) is 1. The van der Waals surface area contributed by atoms with Gasteiger partial charge in [-0.2, -0.15) is 0 Å². The summed E-state index contributed by atoms with van der Waals surface area (Å²) in [5.41, 5.74) is 0.622. The Morgan fingerprint density at radius 3 is 2.63 bits per heavy atom. The van der Waals surface area contributed by atoms with Crippen LogP contribution in [0.1, 0.15) is 20.8 Å². The van der Waals surface area contributed by atoms with Gasteiger partial charge in [0, 0.05) is 25.3 Å². The molecular formula is C15H22N2O2. The van der Waals surface area contributed by atoms with Crippen molar-refractivity contribution in [2.24, 2.45) is 0 Å². The molecule has 0 spiro atoms. The van der Waals surface area contributed by atoms with Crippen LogP contribution in [-0.2, 0) is 9.53 Å². The highest BCUT2D eigenvalue weighted by Gasteiger charge is 2.32. The molecule has 0 radical (unpaired) electrons. The van der Waals surface area contributed by atoms with Crippen molar-refractivity contribution in [3.63, 3.8) is 0 Å². The Labute approximate surface area is 114 Å². The van der Waals surface area contributed by atoms with E-state index in [9.17, 15) is 4.79 Å².